The highest BCUT2D eigenvalue weighted by Crippen LogP contribution is 2.35. The molecule has 2 aromatic carbocycles. The third-order valence-corrected chi connectivity index (χ3v) is 5.86. The van der Waals surface area contributed by atoms with Crippen molar-refractivity contribution in [1.29, 1.82) is 0 Å². The van der Waals surface area contributed by atoms with Crippen LogP contribution in [0.2, 0.25) is 0 Å². The van der Waals surface area contributed by atoms with Crippen molar-refractivity contribution in [2.75, 3.05) is 6.54 Å². The maximum atomic E-state index is 13.2. The summed E-state index contributed by atoms with van der Waals surface area (Å²) in [6, 6.07) is 17.6. The summed E-state index contributed by atoms with van der Waals surface area (Å²) in [6.45, 7) is 6.54. The van der Waals surface area contributed by atoms with Crippen LogP contribution in [0.4, 0.5) is 4.79 Å². The number of hydrogen-bond donors (Lipinski definition) is 0. The van der Waals surface area contributed by atoms with Crippen LogP contribution in [0.15, 0.2) is 66.7 Å². The van der Waals surface area contributed by atoms with E-state index in [9.17, 15) is 19.2 Å². The van der Waals surface area contributed by atoms with E-state index in [2.05, 4.69) is 0 Å². The van der Waals surface area contributed by atoms with Gasteiger partial charge in [0.05, 0.1) is 18.6 Å². The van der Waals surface area contributed by atoms with E-state index < -0.39 is 47.8 Å². The van der Waals surface area contributed by atoms with Crippen molar-refractivity contribution in [1.82, 2.24) is 4.90 Å². The van der Waals surface area contributed by atoms with E-state index >= 15 is 0 Å². The molecule has 3 rings (SSSR count). The summed E-state index contributed by atoms with van der Waals surface area (Å²) >= 11 is 0. The Morgan fingerprint density at radius 2 is 1.58 bits per heavy atom. The summed E-state index contributed by atoms with van der Waals surface area (Å²) in [4.78, 5) is 50.7. The molecule has 0 unspecified atom stereocenters. The van der Waals surface area contributed by atoms with Crippen LogP contribution in [0, 0.1) is 5.92 Å². The average Bonchev–Trinajstić information content (AvgIpc) is 2.87. The number of β-lactam (4-membered cyclic amide) rings is 1. The fraction of sp³-hybridized carbons (Fsp3) is 0.414. The second-order valence-corrected chi connectivity index (χ2v) is 9.96. The fourth-order valence-electron chi connectivity index (χ4n) is 4.21. The summed E-state index contributed by atoms with van der Waals surface area (Å²) in [5, 5.41) is 0. The molecule has 1 saturated heterocycles. The number of ether oxygens (including phenoxy) is 4. The van der Waals surface area contributed by atoms with Crippen molar-refractivity contribution in [3.8, 4) is 0 Å². The normalized spacial score (nSPS) is 18.4. The van der Waals surface area contributed by atoms with E-state index in [1.54, 1.807) is 45.8 Å². The lowest BCUT2D eigenvalue weighted by atomic mass is 9.79. The number of esters is 1. The predicted molar refractivity (Wildman–Crippen MR) is 137 cm³/mol. The lowest BCUT2D eigenvalue weighted by molar-refractivity contribution is -0.184. The predicted octanol–water partition coefficient (Wildman–Crippen LogP) is 3.87. The van der Waals surface area contributed by atoms with Gasteiger partial charge < -0.3 is 23.8 Å². The molecule has 9 nitrogen and oxygen atoms in total. The maximum Gasteiger partial charge on any atom is 0.508 e. The number of benzene rings is 2. The van der Waals surface area contributed by atoms with Gasteiger partial charge in [0, 0.05) is 6.08 Å². The van der Waals surface area contributed by atoms with Gasteiger partial charge in [0.15, 0.2) is 0 Å². The minimum absolute atomic E-state index is 0.00982. The maximum absolute atomic E-state index is 13.2. The molecule has 1 amide bonds. The Balaban J connectivity index is 1.74. The molecule has 0 radical (unpaired) electrons. The number of likely N-dealkylation sites (tertiary alicyclic amines) is 1. The molecule has 0 aliphatic carbocycles. The second-order valence-electron chi connectivity index (χ2n) is 9.96. The number of nitrogens with zero attached hydrogens (tertiary/aromatic N) is 1. The highest BCUT2D eigenvalue weighted by atomic mass is 16.7. The molecule has 9 heteroatoms. The zero-order valence-electron chi connectivity index (χ0n) is 22.0. The SMILES string of the molecule is C[C@@H](OC(=O)OCc1ccccc1)[C@H]1C(=O)N(CC(=O)OC(C)(C)C)[C@@H]1[C@@H](C=C=O)OCc1ccccc1. The van der Waals surface area contributed by atoms with Crippen LogP contribution in [0.1, 0.15) is 38.8 Å². The van der Waals surface area contributed by atoms with Crippen LogP contribution in [-0.4, -0.2) is 59.3 Å². The quantitative estimate of drug-likeness (QED) is 0.248. The molecule has 4 atom stereocenters. The average molecular weight is 524 g/mol. The number of carbonyl (C=O) groups is 3. The Kier molecular flexibility index (Phi) is 9.82. The monoisotopic (exact) mass is 523 g/mol. The molecule has 1 heterocycles. The highest BCUT2D eigenvalue weighted by Gasteiger charge is 2.55. The molecule has 0 spiro atoms. The molecule has 0 N–H and O–H groups in total. The summed E-state index contributed by atoms with van der Waals surface area (Å²) in [7, 11) is 0. The zero-order chi connectivity index (χ0) is 27.7. The first-order chi connectivity index (χ1) is 18.1. The molecule has 0 aromatic heterocycles. The van der Waals surface area contributed by atoms with Crippen LogP contribution >= 0.6 is 0 Å². The van der Waals surface area contributed by atoms with E-state index in [0.29, 0.717) is 0 Å². The minimum Gasteiger partial charge on any atom is -0.459 e. The number of amides is 1. The van der Waals surface area contributed by atoms with Crippen LogP contribution in [0.5, 0.6) is 0 Å². The van der Waals surface area contributed by atoms with Gasteiger partial charge in [-0.25, -0.2) is 9.59 Å². The molecule has 2 aromatic rings. The Bertz CT molecular complexity index is 1140. The zero-order valence-corrected chi connectivity index (χ0v) is 22.0. The highest BCUT2D eigenvalue weighted by molar-refractivity contribution is 5.90. The number of carbonyl (C=O) groups excluding carboxylic acids is 4. The number of rotatable bonds is 11. The second kappa shape index (κ2) is 13.0. The molecule has 38 heavy (non-hydrogen) atoms. The number of hydrogen-bond acceptors (Lipinski definition) is 8. The van der Waals surface area contributed by atoms with Crippen molar-refractivity contribution < 1.29 is 38.1 Å². The first-order valence-corrected chi connectivity index (χ1v) is 12.3. The molecule has 1 aliphatic heterocycles. The van der Waals surface area contributed by atoms with Crippen LogP contribution in [-0.2, 0) is 46.5 Å². The summed E-state index contributed by atoms with van der Waals surface area (Å²) in [5.74, 6) is -0.193. The molecular formula is C29H33NO8. The van der Waals surface area contributed by atoms with E-state index in [1.165, 1.54) is 4.90 Å². The Labute approximate surface area is 222 Å². The smallest absolute Gasteiger partial charge is 0.459 e. The van der Waals surface area contributed by atoms with Crippen LogP contribution in [0.3, 0.4) is 0 Å². The van der Waals surface area contributed by atoms with Gasteiger partial charge in [-0.15, -0.1) is 0 Å². The van der Waals surface area contributed by atoms with Crippen molar-refractivity contribution >= 4 is 24.0 Å². The summed E-state index contributed by atoms with van der Waals surface area (Å²) in [5.41, 5.74) is 0.889. The largest absolute Gasteiger partial charge is 0.508 e. The van der Waals surface area contributed by atoms with E-state index in [1.807, 2.05) is 48.5 Å². The van der Waals surface area contributed by atoms with Crippen molar-refractivity contribution in [3.63, 3.8) is 0 Å². The Morgan fingerprint density at radius 1 is 1.00 bits per heavy atom. The Morgan fingerprint density at radius 3 is 2.13 bits per heavy atom. The van der Waals surface area contributed by atoms with Gasteiger partial charge in [0.25, 0.3) is 0 Å². The standard InChI is InChI=1S/C29H33NO8/c1-20(37-28(34)36-19-22-13-9-6-10-14-22)25-26(30(27(25)33)17-24(32)38-29(2,3)4)23(15-16-31)35-18-21-11-7-5-8-12-21/h5-15,20,23,25-26H,17-19H2,1-4H3/t20-,23-,25-,26-/m1/s1. The summed E-state index contributed by atoms with van der Waals surface area (Å²) < 4.78 is 22.0. The van der Waals surface area contributed by atoms with Crippen molar-refractivity contribution in [2.24, 2.45) is 5.92 Å². The van der Waals surface area contributed by atoms with E-state index in [-0.39, 0.29) is 19.8 Å². The molecule has 0 bridgehead atoms. The Hall–Kier alpha value is -3.94. The van der Waals surface area contributed by atoms with Gasteiger partial charge in [-0.05, 0) is 38.8 Å². The topological polar surface area (TPSA) is 108 Å². The van der Waals surface area contributed by atoms with Gasteiger partial charge in [0.1, 0.15) is 36.9 Å². The molecular weight excluding hydrogens is 490 g/mol. The first-order valence-electron chi connectivity index (χ1n) is 12.3. The fourth-order valence-corrected chi connectivity index (χ4v) is 4.21. The van der Waals surface area contributed by atoms with E-state index in [4.69, 9.17) is 18.9 Å². The molecule has 0 saturated carbocycles. The lowest BCUT2D eigenvalue weighted by Gasteiger charge is -2.50. The third-order valence-electron chi connectivity index (χ3n) is 5.86. The molecule has 1 fully saturated rings. The van der Waals surface area contributed by atoms with Crippen LogP contribution in [0.25, 0.3) is 0 Å². The summed E-state index contributed by atoms with van der Waals surface area (Å²) in [6.07, 6.45) is -1.61. The van der Waals surface area contributed by atoms with Gasteiger partial charge >= 0.3 is 12.1 Å². The third kappa shape index (κ3) is 8.03. The van der Waals surface area contributed by atoms with Gasteiger partial charge in [-0.3, -0.25) is 9.59 Å². The molecule has 1 aliphatic rings. The minimum atomic E-state index is -0.939. The van der Waals surface area contributed by atoms with Gasteiger partial charge in [-0.2, -0.15) is 0 Å². The van der Waals surface area contributed by atoms with E-state index in [0.717, 1.165) is 17.2 Å². The first kappa shape index (κ1) is 28.6. The van der Waals surface area contributed by atoms with Crippen LogP contribution < -0.4 is 0 Å². The van der Waals surface area contributed by atoms with Crippen molar-refractivity contribution in [2.45, 2.75) is 64.8 Å². The molecule has 202 valence electrons. The van der Waals surface area contributed by atoms with Crippen molar-refractivity contribution in [3.05, 3.63) is 77.9 Å². The lowest BCUT2D eigenvalue weighted by Crippen LogP contribution is -2.69. The van der Waals surface area contributed by atoms with Gasteiger partial charge in [0.2, 0.25) is 5.91 Å². The van der Waals surface area contributed by atoms with Gasteiger partial charge in [-0.1, -0.05) is 60.7 Å².